The van der Waals surface area contributed by atoms with E-state index in [-0.39, 0.29) is 28.3 Å². The SMILES string of the molecule is CCOc1cc(C2c3c(oc4cc(C)c(C)cc4c3=O)C(=O)N2c2ccc(OC)cc2)ccc1O. The number of phenols is 1. The fourth-order valence-electron chi connectivity index (χ4n) is 4.52. The highest BCUT2D eigenvalue weighted by Crippen LogP contribution is 2.43. The number of hydrogen-bond acceptors (Lipinski definition) is 6. The van der Waals surface area contributed by atoms with Gasteiger partial charge in [0.2, 0.25) is 5.76 Å². The zero-order valence-electron chi connectivity index (χ0n) is 19.9. The third-order valence-electron chi connectivity index (χ3n) is 6.44. The van der Waals surface area contributed by atoms with Crippen molar-refractivity contribution in [2.24, 2.45) is 0 Å². The fraction of sp³-hybridized carbons (Fsp3) is 0.214. The molecule has 35 heavy (non-hydrogen) atoms. The second kappa shape index (κ2) is 8.51. The number of ether oxygens (including phenoxy) is 2. The van der Waals surface area contributed by atoms with E-state index in [1.165, 1.54) is 11.0 Å². The Morgan fingerprint density at radius 3 is 2.40 bits per heavy atom. The zero-order valence-corrected chi connectivity index (χ0v) is 19.9. The van der Waals surface area contributed by atoms with Crippen molar-refractivity contribution in [2.75, 3.05) is 18.6 Å². The minimum absolute atomic E-state index is 0.0117. The van der Waals surface area contributed by atoms with Crippen molar-refractivity contribution in [2.45, 2.75) is 26.8 Å². The van der Waals surface area contributed by atoms with E-state index in [4.69, 9.17) is 13.9 Å². The molecule has 5 rings (SSSR count). The van der Waals surface area contributed by atoms with E-state index in [0.717, 1.165) is 11.1 Å². The first-order chi connectivity index (χ1) is 16.8. The Balaban J connectivity index is 1.79. The molecule has 1 unspecified atom stereocenters. The van der Waals surface area contributed by atoms with E-state index in [1.54, 1.807) is 55.6 Å². The molecule has 0 aliphatic carbocycles. The van der Waals surface area contributed by atoms with Crippen molar-refractivity contribution in [3.05, 3.63) is 92.8 Å². The van der Waals surface area contributed by atoms with Gasteiger partial charge in [-0.25, -0.2) is 0 Å². The Labute approximate surface area is 202 Å². The number of benzene rings is 3. The Hall–Kier alpha value is -4.26. The molecule has 0 saturated heterocycles. The first-order valence-electron chi connectivity index (χ1n) is 11.3. The smallest absolute Gasteiger partial charge is 0.295 e. The molecule has 0 radical (unpaired) electrons. The zero-order chi connectivity index (χ0) is 24.9. The maximum Gasteiger partial charge on any atom is 0.295 e. The molecule has 0 saturated carbocycles. The van der Waals surface area contributed by atoms with E-state index in [1.807, 2.05) is 20.8 Å². The van der Waals surface area contributed by atoms with Crippen LogP contribution in [0.2, 0.25) is 0 Å². The molecule has 3 aromatic carbocycles. The Morgan fingerprint density at radius 2 is 1.71 bits per heavy atom. The maximum atomic E-state index is 13.8. The van der Waals surface area contributed by atoms with Crippen LogP contribution in [0.3, 0.4) is 0 Å². The number of hydrogen-bond donors (Lipinski definition) is 1. The van der Waals surface area contributed by atoms with Crippen LogP contribution >= 0.6 is 0 Å². The third kappa shape index (κ3) is 3.60. The van der Waals surface area contributed by atoms with Crippen molar-refractivity contribution in [3.63, 3.8) is 0 Å². The lowest BCUT2D eigenvalue weighted by Gasteiger charge is -2.26. The van der Waals surface area contributed by atoms with Crippen molar-refractivity contribution < 1.29 is 23.8 Å². The number of methoxy groups -OCH3 is 1. The molecular weight excluding hydrogens is 446 g/mol. The molecule has 4 aromatic rings. The molecule has 7 nitrogen and oxygen atoms in total. The molecular formula is C28H25NO6. The number of carbonyl (C=O) groups excluding carboxylic acids is 1. The third-order valence-corrected chi connectivity index (χ3v) is 6.44. The van der Waals surface area contributed by atoms with Crippen LogP contribution in [0.4, 0.5) is 5.69 Å². The second-order valence-corrected chi connectivity index (χ2v) is 8.54. The number of phenolic OH excluding ortho intramolecular Hbond substituents is 1. The summed E-state index contributed by atoms with van der Waals surface area (Å²) < 4.78 is 16.9. The van der Waals surface area contributed by atoms with Gasteiger partial charge in [-0.1, -0.05) is 6.07 Å². The number of amides is 1. The molecule has 7 heteroatoms. The topological polar surface area (TPSA) is 89.2 Å². The molecule has 1 aromatic heterocycles. The van der Waals surface area contributed by atoms with E-state index in [9.17, 15) is 14.7 Å². The van der Waals surface area contributed by atoms with Crippen LogP contribution in [-0.2, 0) is 0 Å². The van der Waals surface area contributed by atoms with Crippen LogP contribution in [-0.4, -0.2) is 24.7 Å². The van der Waals surface area contributed by atoms with Crippen molar-refractivity contribution in [1.82, 2.24) is 0 Å². The Kier molecular flexibility index (Phi) is 5.47. The summed E-state index contributed by atoms with van der Waals surface area (Å²) in [6.07, 6.45) is 0. The predicted molar refractivity (Wildman–Crippen MR) is 133 cm³/mol. The number of nitrogens with zero attached hydrogens (tertiary/aromatic N) is 1. The molecule has 1 atom stereocenters. The summed E-state index contributed by atoms with van der Waals surface area (Å²) in [6.45, 7) is 6.03. The summed E-state index contributed by atoms with van der Waals surface area (Å²) in [7, 11) is 1.57. The van der Waals surface area contributed by atoms with Gasteiger partial charge in [-0.15, -0.1) is 0 Å². The molecule has 1 aliphatic rings. The van der Waals surface area contributed by atoms with Crippen LogP contribution < -0.4 is 19.8 Å². The summed E-state index contributed by atoms with van der Waals surface area (Å²) in [5.74, 6) is 0.490. The van der Waals surface area contributed by atoms with Gasteiger partial charge in [-0.2, -0.15) is 0 Å². The van der Waals surface area contributed by atoms with Gasteiger partial charge in [-0.05, 0) is 86.0 Å². The van der Waals surface area contributed by atoms with Crippen LogP contribution in [0.25, 0.3) is 11.0 Å². The number of carbonyl (C=O) groups is 1. The summed E-state index contributed by atoms with van der Waals surface area (Å²) in [5, 5.41) is 10.7. The number of rotatable bonds is 5. The molecule has 0 fully saturated rings. The van der Waals surface area contributed by atoms with E-state index >= 15 is 0 Å². The number of aromatic hydroxyl groups is 1. The van der Waals surface area contributed by atoms with Crippen LogP contribution in [0, 0.1) is 13.8 Å². The summed E-state index contributed by atoms with van der Waals surface area (Å²) in [4.78, 5) is 29.1. The first-order valence-corrected chi connectivity index (χ1v) is 11.3. The Bertz CT molecular complexity index is 1520. The lowest BCUT2D eigenvalue weighted by Crippen LogP contribution is -2.29. The van der Waals surface area contributed by atoms with Crippen LogP contribution in [0.15, 0.2) is 63.8 Å². The van der Waals surface area contributed by atoms with Crippen molar-refractivity contribution in [3.8, 4) is 17.2 Å². The van der Waals surface area contributed by atoms with Gasteiger partial charge in [0.15, 0.2) is 16.9 Å². The normalized spacial score (nSPS) is 14.9. The molecule has 1 aliphatic heterocycles. The first kappa shape index (κ1) is 22.5. The largest absolute Gasteiger partial charge is 0.504 e. The minimum Gasteiger partial charge on any atom is -0.504 e. The summed E-state index contributed by atoms with van der Waals surface area (Å²) in [6, 6.07) is 14.7. The van der Waals surface area contributed by atoms with Crippen molar-refractivity contribution in [1.29, 1.82) is 0 Å². The maximum absolute atomic E-state index is 13.8. The molecule has 1 N–H and O–H groups in total. The number of fused-ring (bicyclic) bond motifs is 2. The fourth-order valence-corrected chi connectivity index (χ4v) is 4.52. The summed E-state index contributed by atoms with van der Waals surface area (Å²) in [5.41, 5.74) is 3.50. The van der Waals surface area contributed by atoms with Gasteiger partial charge >= 0.3 is 0 Å². The molecule has 1 amide bonds. The second-order valence-electron chi connectivity index (χ2n) is 8.54. The lowest BCUT2D eigenvalue weighted by atomic mass is 9.97. The molecule has 178 valence electrons. The Morgan fingerprint density at radius 1 is 1.00 bits per heavy atom. The average Bonchev–Trinajstić information content (AvgIpc) is 3.14. The summed E-state index contributed by atoms with van der Waals surface area (Å²) >= 11 is 0. The van der Waals surface area contributed by atoms with Gasteiger partial charge in [0.1, 0.15) is 11.3 Å². The molecule has 2 heterocycles. The number of anilines is 1. The van der Waals surface area contributed by atoms with E-state index in [0.29, 0.717) is 34.6 Å². The van der Waals surface area contributed by atoms with Gasteiger partial charge < -0.3 is 19.0 Å². The van der Waals surface area contributed by atoms with Crippen LogP contribution in [0.1, 0.15) is 45.8 Å². The van der Waals surface area contributed by atoms with Gasteiger partial charge in [0.05, 0.1) is 30.7 Å². The van der Waals surface area contributed by atoms with Crippen LogP contribution in [0.5, 0.6) is 17.2 Å². The minimum atomic E-state index is -0.770. The van der Waals surface area contributed by atoms with Gasteiger partial charge in [0, 0.05) is 5.69 Å². The lowest BCUT2D eigenvalue weighted by molar-refractivity contribution is 0.0971. The van der Waals surface area contributed by atoms with E-state index in [2.05, 4.69) is 0 Å². The predicted octanol–water partition coefficient (Wildman–Crippen LogP) is 5.27. The highest BCUT2D eigenvalue weighted by Gasteiger charge is 2.44. The quantitative estimate of drug-likeness (QED) is 0.426. The average molecular weight is 472 g/mol. The monoisotopic (exact) mass is 471 g/mol. The van der Waals surface area contributed by atoms with Crippen molar-refractivity contribution >= 4 is 22.6 Å². The highest BCUT2D eigenvalue weighted by molar-refractivity contribution is 6.10. The van der Waals surface area contributed by atoms with E-state index < -0.39 is 11.9 Å². The standard InChI is InChI=1S/C28H25NO6/c1-5-34-23-14-17(6-11-21(23)30)25-24-26(31)20-12-15(2)16(3)13-22(20)35-27(24)28(32)29(25)18-7-9-19(33-4)10-8-18/h6-14,25,30H,5H2,1-4H3. The number of aryl methyl sites for hydroxylation is 2. The van der Waals surface area contributed by atoms with Gasteiger partial charge in [0.25, 0.3) is 5.91 Å². The van der Waals surface area contributed by atoms with Gasteiger partial charge in [-0.3, -0.25) is 14.5 Å². The highest BCUT2D eigenvalue weighted by atomic mass is 16.5. The molecule has 0 spiro atoms. The molecule has 0 bridgehead atoms.